The maximum absolute atomic E-state index is 12.7. The number of carbonyl (C=O) groups is 2. The van der Waals surface area contributed by atoms with Crippen molar-refractivity contribution in [2.45, 2.75) is 19.8 Å². The van der Waals surface area contributed by atoms with Crippen molar-refractivity contribution in [1.29, 1.82) is 0 Å². The van der Waals surface area contributed by atoms with Crippen molar-refractivity contribution in [3.8, 4) is 5.75 Å². The average Bonchev–Trinajstić information content (AvgIpc) is 2.68. The summed E-state index contributed by atoms with van der Waals surface area (Å²) in [5.41, 5.74) is 1.16. The van der Waals surface area contributed by atoms with Crippen molar-refractivity contribution in [3.63, 3.8) is 0 Å². The SMILES string of the molecule is CC1CCN(C(=O)c2cccc(NC(=O)COc3ccc(Cl)cc3)c2)CC1. The number of benzene rings is 2. The Morgan fingerprint density at radius 2 is 1.85 bits per heavy atom. The van der Waals surface area contributed by atoms with Crippen molar-refractivity contribution in [1.82, 2.24) is 4.90 Å². The van der Waals surface area contributed by atoms with Gasteiger partial charge in [-0.25, -0.2) is 0 Å². The summed E-state index contributed by atoms with van der Waals surface area (Å²) in [4.78, 5) is 26.7. The number of nitrogens with one attached hydrogen (secondary N) is 1. The number of carbonyl (C=O) groups excluding carboxylic acids is 2. The zero-order valence-electron chi connectivity index (χ0n) is 15.3. The number of amides is 2. The predicted octanol–water partition coefficient (Wildman–Crippen LogP) is 4.23. The van der Waals surface area contributed by atoms with Gasteiger partial charge >= 0.3 is 0 Å². The van der Waals surface area contributed by atoms with E-state index in [0.29, 0.717) is 27.9 Å². The van der Waals surface area contributed by atoms with Crippen LogP contribution in [0.1, 0.15) is 30.1 Å². The van der Waals surface area contributed by atoms with Crippen molar-refractivity contribution < 1.29 is 14.3 Å². The van der Waals surface area contributed by atoms with E-state index >= 15 is 0 Å². The largest absolute Gasteiger partial charge is 0.484 e. The molecule has 6 heteroatoms. The predicted molar refractivity (Wildman–Crippen MR) is 106 cm³/mol. The second-order valence-electron chi connectivity index (χ2n) is 6.85. The Balaban J connectivity index is 1.55. The molecule has 1 fully saturated rings. The first-order chi connectivity index (χ1) is 13.0. The summed E-state index contributed by atoms with van der Waals surface area (Å²) in [5.74, 6) is 0.954. The van der Waals surface area contributed by atoms with Crippen molar-refractivity contribution in [2.75, 3.05) is 25.0 Å². The zero-order chi connectivity index (χ0) is 19.2. The first-order valence-corrected chi connectivity index (χ1v) is 9.46. The highest BCUT2D eigenvalue weighted by Gasteiger charge is 2.21. The Hall–Kier alpha value is -2.53. The smallest absolute Gasteiger partial charge is 0.262 e. The van der Waals surface area contributed by atoms with Gasteiger partial charge in [0.2, 0.25) is 0 Å². The van der Waals surface area contributed by atoms with E-state index in [-0.39, 0.29) is 18.4 Å². The number of hydrogen-bond acceptors (Lipinski definition) is 3. The molecule has 0 spiro atoms. The molecular weight excluding hydrogens is 364 g/mol. The fourth-order valence-corrected chi connectivity index (χ4v) is 3.13. The number of anilines is 1. The van der Waals surface area contributed by atoms with Gasteiger partial charge in [0.1, 0.15) is 5.75 Å². The van der Waals surface area contributed by atoms with Gasteiger partial charge < -0.3 is 15.0 Å². The summed E-state index contributed by atoms with van der Waals surface area (Å²) in [5, 5.41) is 3.38. The molecule has 0 bridgehead atoms. The van der Waals surface area contributed by atoms with Crippen molar-refractivity contribution in [3.05, 3.63) is 59.1 Å². The summed E-state index contributed by atoms with van der Waals surface area (Å²) in [6.45, 7) is 3.66. The third-order valence-corrected chi connectivity index (χ3v) is 4.90. The van der Waals surface area contributed by atoms with E-state index in [4.69, 9.17) is 16.3 Å². The summed E-state index contributed by atoms with van der Waals surface area (Å²) in [7, 11) is 0. The molecule has 0 atom stereocenters. The molecule has 2 aromatic rings. The number of nitrogens with zero attached hydrogens (tertiary/aromatic N) is 1. The van der Waals surface area contributed by atoms with Crippen LogP contribution in [0.5, 0.6) is 5.75 Å². The van der Waals surface area contributed by atoms with Crippen LogP contribution in [0.4, 0.5) is 5.69 Å². The normalized spacial score (nSPS) is 14.7. The topological polar surface area (TPSA) is 58.6 Å². The second-order valence-corrected chi connectivity index (χ2v) is 7.28. The molecular formula is C21H23ClN2O3. The van der Waals surface area contributed by atoms with E-state index in [1.54, 1.807) is 48.5 Å². The zero-order valence-corrected chi connectivity index (χ0v) is 16.0. The van der Waals surface area contributed by atoms with E-state index in [9.17, 15) is 9.59 Å². The van der Waals surface area contributed by atoms with Gasteiger partial charge in [0.05, 0.1) is 0 Å². The molecule has 2 amide bonds. The molecule has 5 nitrogen and oxygen atoms in total. The number of likely N-dealkylation sites (tertiary alicyclic amines) is 1. The average molecular weight is 387 g/mol. The molecule has 1 saturated heterocycles. The maximum Gasteiger partial charge on any atom is 0.262 e. The second kappa shape index (κ2) is 8.91. The van der Waals surface area contributed by atoms with Gasteiger partial charge in [-0.05, 0) is 61.2 Å². The highest BCUT2D eigenvalue weighted by molar-refractivity contribution is 6.30. The van der Waals surface area contributed by atoms with Gasteiger partial charge in [0, 0.05) is 29.4 Å². The van der Waals surface area contributed by atoms with Crippen molar-refractivity contribution >= 4 is 29.1 Å². The van der Waals surface area contributed by atoms with Crippen LogP contribution in [-0.2, 0) is 4.79 Å². The number of hydrogen-bond donors (Lipinski definition) is 1. The molecule has 142 valence electrons. The van der Waals surface area contributed by atoms with Gasteiger partial charge in [0.15, 0.2) is 6.61 Å². The van der Waals surface area contributed by atoms with Crippen LogP contribution in [0.25, 0.3) is 0 Å². The van der Waals surface area contributed by atoms with Gasteiger partial charge in [-0.2, -0.15) is 0 Å². The quantitative estimate of drug-likeness (QED) is 0.836. The third kappa shape index (κ3) is 5.47. The number of halogens is 1. The van der Waals surface area contributed by atoms with Crippen LogP contribution < -0.4 is 10.1 Å². The molecule has 0 aromatic heterocycles. The Morgan fingerprint density at radius 1 is 1.15 bits per heavy atom. The van der Waals surface area contributed by atoms with E-state index in [0.717, 1.165) is 25.9 Å². The lowest BCUT2D eigenvalue weighted by Crippen LogP contribution is -2.37. The lowest BCUT2D eigenvalue weighted by atomic mass is 9.98. The van der Waals surface area contributed by atoms with Crippen molar-refractivity contribution in [2.24, 2.45) is 5.92 Å². The molecule has 1 N–H and O–H groups in total. The summed E-state index contributed by atoms with van der Waals surface area (Å²) in [6, 6.07) is 13.8. The van der Waals surface area contributed by atoms with Crippen LogP contribution in [0.15, 0.2) is 48.5 Å². The fourth-order valence-electron chi connectivity index (χ4n) is 3.00. The van der Waals surface area contributed by atoms with Crippen LogP contribution in [0.3, 0.4) is 0 Å². The van der Waals surface area contributed by atoms with Gasteiger partial charge in [-0.15, -0.1) is 0 Å². The number of ether oxygens (including phenoxy) is 1. The van der Waals surface area contributed by atoms with E-state index in [1.807, 2.05) is 4.90 Å². The third-order valence-electron chi connectivity index (χ3n) is 4.65. The molecule has 1 heterocycles. The Morgan fingerprint density at radius 3 is 2.56 bits per heavy atom. The van der Waals surface area contributed by atoms with Crippen LogP contribution in [0.2, 0.25) is 5.02 Å². The molecule has 0 aliphatic carbocycles. The first-order valence-electron chi connectivity index (χ1n) is 9.09. The van der Waals surface area contributed by atoms with E-state index in [1.165, 1.54) is 0 Å². The van der Waals surface area contributed by atoms with Gasteiger partial charge in [-0.3, -0.25) is 9.59 Å². The van der Waals surface area contributed by atoms with Gasteiger partial charge in [-0.1, -0.05) is 24.6 Å². The highest BCUT2D eigenvalue weighted by Crippen LogP contribution is 2.20. The maximum atomic E-state index is 12.7. The Labute approximate surface area is 164 Å². The minimum atomic E-state index is -0.290. The lowest BCUT2D eigenvalue weighted by Gasteiger charge is -2.30. The van der Waals surface area contributed by atoms with Crippen LogP contribution >= 0.6 is 11.6 Å². The van der Waals surface area contributed by atoms with Crippen LogP contribution in [-0.4, -0.2) is 36.4 Å². The number of rotatable bonds is 5. The molecule has 0 radical (unpaired) electrons. The van der Waals surface area contributed by atoms with E-state index < -0.39 is 0 Å². The fraction of sp³-hybridized carbons (Fsp3) is 0.333. The monoisotopic (exact) mass is 386 g/mol. The van der Waals surface area contributed by atoms with E-state index in [2.05, 4.69) is 12.2 Å². The number of piperidine rings is 1. The Kier molecular flexibility index (Phi) is 6.35. The summed E-state index contributed by atoms with van der Waals surface area (Å²) in [6.07, 6.45) is 2.06. The summed E-state index contributed by atoms with van der Waals surface area (Å²) < 4.78 is 5.43. The molecule has 1 aliphatic rings. The Bertz CT molecular complexity index is 799. The molecule has 1 aliphatic heterocycles. The molecule has 0 unspecified atom stereocenters. The molecule has 0 saturated carbocycles. The molecule has 3 rings (SSSR count). The summed E-state index contributed by atoms with van der Waals surface area (Å²) >= 11 is 5.82. The molecule has 27 heavy (non-hydrogen) atoms. The van der Waals surface area contributed by atoms with Crippen LogP contribution in [0, 0.1) is 5.92 Å². The highest BCUT2D eigenvalue weighted by atomic mass is 35.5. The molecule has 2 aromatic carbocycles. The minimum Gasteiger partial charge on any atom is -0.484 e. The minimum absolute atomic E-state index is 0.00964. The lowest BCUT2D eigenvalue weighted by molar-refractivity contribution is -0.118. The van der Waals surface area contributed by atoms with Gasteiger partial charge in [0.25, 0.3) is 11.8 Å². The first kappa shape index (κ1) is 19.2. The standard InChI is InChI=1S/C21H23ClN2O3/c1-15-9-11-24(12-10-15)21(26)16-3-2-4-18(13-16)23-20(25)14-27-19-7-5-17(22)6-8-19/h2-8,13,15H,9-12,14H2,1H3,(H,23,25).